The minimum Gasteiger partial charge on any atom is -0.345 e. The fourth-order valence-corrected chi connectivity index (χ4v) is 4.89. The average Bonchev–Trinajstić information content (AvgIpc) is 3.81. The average molecular weight is 767 g/mol. The summed E-state index contributed by atoms with van der Waals surface area (Å²) in [4.78, 5) is 29.8. The monoisotopic (exact) mass is 766 g/mol. The summed E-state index contributed by atoms with van der Waals surface area (Å²) in [6.45, 7) is 0. The van der Waals surface area contributed by atoms with E-state index in [9.17, 15) is 57.9 Å². The topological polar surface area (TPSA) is 58.6 Å². The van der Waals surface area contributed by atoms with Crippen LogP contribution in [0.3, 0.4) is 0 Å². The van der Waals surface area contributed by atoms with E-state index in [1.807, 2.05) is 5.32 Å². The highest BCUT2D eigenvalue weighted by Gasteiger charge is 2.73. The molecule has 3 aromatic carbocycles. The Labute approximate surface area is 269 Å². The lowest BCUT2D eigenvalue weighted by molar-refractivity contribution is -0.348. The summed E-state index contributed by atoms with van der Waals surface area (Å²) in [7, 11) is 0. The van der Waals surface area contributed by atoms with Gasteiger partial charge in [-0.15, -0.1) is 5.06 Å². The summed E-state index contributed by atoms with van der Waals surface area (Å²) in [6.07, 6.45) is -18.4. The molecule has 252 valence electrons. The SMILES string of the molecule is O=C(ON(C(=O)c1ccc(F)cc1)c1cccc(C(=S)Nc2c(Br)cc(C(F)(C(F)(F)F)C(F)(F)F)cc2C(F)(F)F)c1F)C1CC1. The maximum Gasteiger partial charge on any atom is 0.435 e. The van der Waals surface area contributed by atoms with Crippen LogP contribution < -0.4 is 10.4 Å². The maximum absolute atomic E-state index is 15.9. The highest BCUT2D eigenvalue weighted by atomic mass is 79.9. The lowest BCUT2D eigenvalue weighted by Crippen LogP contribution is -2.50. The zero-order valence-corrected chi connectivity index (χ0v) is 25.1. The molecule has 19 heteroatoms. The minimum atomic E-state index is -6.73. The molecule has 1 aliphatic rings. The highest BCUT2D eigenvalue weighted by molar-refractivity contribution is 9.10. The van der Waals surface area contributed by atoms with E-state index in [1.54, 1.807) is 0 Å². The Balaban J connectivity index is 1.78. The number of hydrogen-bond acceptors (Lipinski definition) is 4. The van der Waals surface area contributed by atoms with Crippen LogP contribution in [-0.4, -0.2) is 29.2 Å². The first kappa shape index (κ1) is 36.0. The Morgan fingerprint density at radius 1 is 0.872 bits per heavy atom. The molecule has 4 rings (SSSR count). The van der Waals surface area contributed by atoms with E-state index in [4.69, 9.17) is 17.1 Å². The lowest BCUT2D eigenvalue weighted by atomic mass is 9.92. The molecule has 47 heavy (non-hydrogen) atoms. The predicted molar refractivity (Wildman–Crippen MR) is 148 cm³/mol. The molecule has 1 aliphatic carbocycles. The van der Waals surface area contributed by atoms with Crippen molar-refractivity contribution in [1.82, 2.24) is 0 Å². The number of anilines is 2. The van der Waals surface area contributed by atoms with Crippen molar-refractivity contribution in [1.29, 1.82) is 0 Å². The third-order valence-electron chi connectivity index (χ3n) is 6.62. The number of rotatable bonds is 6. The Morgan fingerprint density at radius 3 is 1.96 bits per heavy atom. The number of alkyl halides is 10. The molecule has 0 aromatic heterocycles. The van der Waals surface area contributed by atoms with Crippen LogP contribution in [0.2, 0.25) is 0 Å². The quantitative estimate of drug-likeness (QED) is 0.154. The van der Waals surface area contributed by atoms with Crippen molar-refractivity contribution in [2.24, 2.45) is 5.92 Å². The van der Waals surface area contributed by atoms with Crippen molar-refractivity contribution in [3.05, 3.63) is 93.0 Å². The number of hydrogen-bond donors (Lipinski definition) is 1. The van der Waals surface area contributed by atoms with Gasteiger partial charge in [-0.2, -0.15) is 39.5 Å². The van der Waals surface area contributed by atoms with E-state index >= 15 is 4.39 Å². The summed E-state index contributed by atoms with van der Waals surface area (Å²) in [5, 5.41) is 2.09. The van der Waals surface area contributed by atoms with Gasteiger partial charge < -0.3 is 10.2 Å². The summed E-state index contributed by atoms with van der Waals surface area (Å²) in [6, 6.07) is 5.58. The van der Waals surface area contributed by atoms with Gasteiger partial charge in [-0.05, 0) is 77.3 Å². The van der Waals surface area contributed by atoms with Crippen molar-refractivity contribution < 1.29 is 67.1 Å². The van der Waals surface area contributed by atoms with Crippen molar-refractivity contribution in [2.75, 3.05) is 10.4 Å². The highest BCUT2D eigenvalue weighted by Crippen LogP contribution is 2.55. The van der Waals surface area contributed by atoms with Crippen molar-refractivity contribution in [2.45, 2.75) is 37.0 Å². The Kier molecular flexibility index (Phi) is 9.66. The van der Waals surface area contributed by atoms with Gasteiger partial charge in [0.05, 0.1) is 17.2 Å². The first-order chi connectivity index (χ1) is 21.6. The number of thiocarbonyl (C=S) groups is 1. The molecule has 0 aliphatic heterocycles. The number of nitrogens with zero attached hydrogens (tertiary/aromatic N) is 1. The van der Waals surface area contributed by atoms with Gasteiger partial charge in [0.15, 0.2) is 5.82 Å². The zero-order valence-electron chi connectivity index (χ0n) is 22.7. The second-order valence-corrected chi connectivity index (χ2v) is 11.2. The predicted octanol–water partition coefficient (Wildman–Crippen LogP) is 9.34. The van der Waals surface area contributed by atoms with Crippen LogP contribution in [0.4, 0.5) is 64.1 Å². The molecule has 0 radical (unpaired) electrons. The van der Waals surface area contributed by atoms with E-state index in [1.165, 1.54) is 0 Å². The molecule has 1 fully saturated rings. The number of halogens is 13. The first-order valence-corrected chi connectivity index (χ1v) is 13.9. The molecule has 1 N–H and O–H groups in total. The van der Waals surface area contributed by atoms with Crippen molar-refractivity contribution in [3.8, 4) is 0 Å². The molecular formula is C28H15BrF12N2O3S. The van der Waals surface area contributed by atoms with Gasteiger partial charge in [-0.25, -0.2) is 18.0 Å². The maximum atomic E-state index is 15.9. The fraction of sp³-hybridized carbons (Fsp3) is 0.250. The van der Waals surface area contributed by atoms with E-state index in [0.29, 0.717) is 12.8 Å². The number of benzene rings is 3. The molecule has 0 bridgehead atoms. The van der Waals surface area contributed by atoms with Gasteiger partial charge >= 0.3 is 30.2 Å². The van der Waals surface area contributed by atoms with Gasteiger partial charge in [-0.1, -0.05) is 18.3 Å². The van der Waals surface area contributed by atoms with E-state index in [2.05, 4.69) is 15.9 Å². The summed E-state index contributed by atoms with van der Waals surface area (Å²) < 4.78 is 164. The summed E-state index contributed by atoms with van der Waals surface area (Å²) in [5.41, 5.74) is -14.1. The summed E-state index contributed by atoms with van der Waals surface area (Å²) in [5.74, 6) is -5.00. The van der Waals surface area contributed by atoms with Crippen LogP contribution in [0.1, 0.15) is 39.9 Å². The number of amides is 1. The second kappa shape index (κ2) is 12.6. The van der Waals surface area contributed by atoms with Crippen molar-refractivity contribution >= 4 is 56.4 Å². The van der Waals surface area contributed by atoms with Gasteiger partial charge in [0.2, 0.25) is 0 Å². The Hall–Kier alpha value is -3.87. The van der Waals surface area contributed by atoms with E-state index in [-0.39, 0.29) is 16.7 Å². The van der Waals surface area contributed by atoms with Gasteiger partial charge in [0.25, 0.3) is 5.91 Å². The summed E-state index contributed by atoms with van der Waals surface area (Å²) >= 11 is 7.41. The fourth-order valence-electron chi connectivity index (χ4n) is 4.07. The number of nitrogens with one attached hydrogen (secondary N) is 1. The molecule has 5 nitrogen and oxygen atoms in total. The molecule has 0 unspecified atom stereocenters. The molecule has 1 saturated carbocycles. The second-order valence-electron chi connectivity index (χ2n) is 9.92. The third-order valence-corrected chi connectivity index (χ3v) is 7.57. The van der Waals surface area contributed by atoms with Gasteiger partial charge in [-0.3, -0.25) is 4.79 Å². The molecule has 0 heterocycles. The van der Waals surface area contributed by atoms with Crippen LogP contribution in [0.25, 0.3) is 0 Å². The molecule has 3 aromatic rings. The minimum absolute atomic E-state index is 0.200. The van der Waals surface area contributed by atoms with Crippen LogP contribution >= 0.6 is 28.1 Å². The van der Waals surface area contributed by atoms with Crippen LogP contribution in [0, 0.1) is 17.6 Å². The molecule has 0 atom stereocenters. The molecule has 1 amide bonds. The molecule has 0 spiro atoms. The van der Waals surface area contributed by atoms with Crippen LogP contribution in [-0.2, 0) is 21.5 Å². The Bertz CT molecular complexity index is 1710. The van der Waals surface area contributed by atoms with Gasteiger partial charge in [0.1, 0.15) is 16.5 Å². The first-order valence-electron chi connectivity index (χ1n) is 12.7. The number of carbonyl (C=O) groups excluding carboxylic acids is 2. The van der Waals surface area contributed by atoms with E-state index in [0.717, 1.165) is 42.5 Å². The number of hydroxylamine groups is 1. The van der Waals surface area contributed by atoms with Crippen LogP contribution in [0.5, 0.6) is 0 Å². The normalized spacial score (nSPS) is 14.1. The van der Waals surface area contributed by atoms with Crippen LogP contribution in [0.15, 0.2) is 59.1 Å². The molecular weight excluding hydrogens is 752 g/mol. The zero-order chi connectivity index (χ0) is 35.3. The molecule has 0 saturated heterocycles. The third kappa shape index (κ3) is 7.19. The van der Waals surface area contributed by atoms with Gasteiger partial charge in [0, 0.05) is 21.2 Å². The van der Waals surface area contributed by atoms with Crippen molar-refractivity contribution in [3.63, 3.8) is 0 Å². The lowest BCUT2D eigenvalue weighted by Gasteiger charge is -2.31. The Morgan fingerprint density at radius 2 is 1.45 bits per heavy atom. The standard InChI is InChI=1S/C28H15BrF12N2O3S/c29-18-11-14(25(32,27(36,37)38)28(39,40)41)10-17(26(33,34)35)21(18)42-22(47)16-2-1-3-19(20(16)31)43(46-24(45)13-4-5-13)23(44)12-6-8-15(30)9-7-12/h1-3,6-11,13H,4-5H2,(H,42,47). The number of carbonyl (C=O) groups is 2. The van der Waals surface area contributed by atoms with E-state index < -0.39 is 97.2 Å². The largest absolute Gasteiger partial charge is 0.435 e. The smallest absolute Gasteiger partial charge is 0.345 e.